The second-order valence-corrected chi connectivity index (χ2v) is 8.82. The van der Waals surface area contributed by atoms with Gasteiger partial charge in [-0.15, -0.1) is 11.3 Å². The molecule has 1 aliphatic heterocycles. The van der Waals surface area contributed by atoms with Crippen LogP contribution in [-0.4, -0.2) is 29.8 Å². The van der Waals surface area contributed by atoms with E-state index in [2.05, 4.69) is 5.32 Å². The normalized spacial score (nSPS) is 16.0. The van der Waals surface area contributed by atoms with Crippen LogP contribution in [0.4, 0.5) is 5.69 Å². The molecule has 3 aromatic rings. The molecule has 2 heterocycles. The van der Waals surface area contributed by atoms with Gasteiger partial charge in [-0.3, -0.25) is 9.59 Å². The van der Waals surface area contributed by atoms with Crippen LogP contribution < -0.4 is 10.1 Å². The molecule has 4 rings (SSSR count). The molecule has 1 N–H and O–H groups in total. The van der Waals surface area contributed by atoms with Gasteiger partial charge in [0.25, 0.3) is 5.91 Å². The van der Waals surface area contributed by atoms with Crippen molar-refractivity contribution in [3.05, 3.63) is 81.5 Å². The molecule has 1 aromatic heterocycles. The number of hydrogen-bond acceptors (Lipinski definition) is 4. The third-order valence-electron chi connectivity index (χ3n) is 5.29. The van der Waals surface area contributed by atoms with Crippen molar-refractivity contribution in [2.45, 2.75) is 19.4 Å². The van der Waals surface area contributed by atoms with Crippen LogP contribution in [0.5, 0.6) is 5.75 Å². The Labute approximate surface area is 190 Å². The van der Waals surface area contributed by atoms with Crippen molar-refractivity contribution in [1.29, 1.82) is 0 Å². The van der Waals surface area contributed by atoms with E-state index in [1.54, 1.807) is 4.90 Å². The van der Waals surface area contributed by atoms with Crippen molar-refractivity contribution in [1.82, 2.24) is 4.90 Å². The number of anilines is 1. The first kappa shape index (κ1) is 21.4. The number of halogens is 1. The maximum atomic E-state index is 12.8. The number of nitrogens with one attached hydrogen (secondary N) is 1. The SMILES string of the molecule is O=C(Nc1ccc(OCc2ccccc2Cl)cc1)C1CCCN(C(=O)c2cccs2)C1. The summed E-state index contributed by atoms with van der Waals surface area (Å²) in [5, 5.41) is 5.53. The first-order valence-electron chi connectivity index (χ1n) is 10.2. The van der Waals surface area contributed by atoms with Gasteiger partial charge in [-0.25, -0.2) is 0 Å². The Morgan fingerprint density at radius 3 is 2.65 bits per heavy atom. The topological polar surface area (TPSA) is 58.6 Å². The Bertz CT molecular complexity index is 1040. The van der Waals surface area contributed by atoms with Gasteiger partial charge in [-0.1, -0.05) is 35.9 Å². The molecule has 1 unspecified atom stereocenters. The second kappa shape index (κ2) is 9.98. The number of amides is 2. The zero-order valence-corrected chi connectivity index (χ0v) is 18.5. The molecule has 0 aliphatic carbocycles. The van der Waals surface area contributed by atoms with Gasteiger partial charge in [0.15, 0.2) is 0 Å². The monoisotopic (exact) mass is 454 g/mol. The number of nitrogens with zero attached hydrogens (tertiary/aromatic N) is 1. The van der Waals surface area contributed by atoms with Crippen LogP contribution >= 0.6 is 22.9 Å². The van der Waals surface area contributed by atoms with Gasteiger partial charge in [0.2, 0.25) is 5.91 Å². The highest BCUT2D eigenvalue weighted by Gasteiger charge is 2.29. The Hall–Kier alpha value is -2.83. The van der Waals surface area contributed by atoms with Crippen molar-refractivity contribution in [3.63, 3.8) is 0 Å². The van der Waals surface area contributed by atoms with E-state index < -0.39 is 0 Å². The number of piperidine rings is 1. The molecule has 5 nitrogen and oxygen atoms in total. The highest BCUT2D eigenvalue weighted by molar-refractivity contribution is 7.12. The summed E-state index contributed by atoms with van der Waals surface area (Å²) in [6.45, 7) is 1.52. The highest BCUT2D eigenvalue weighted by Crippen LogP contribution is 2.24. The van der Waals surface area contributed by atoms with Gasteiger partial charge >= 0.3 is 0 Å². The fourth-order valence-corrected chi connectivity index (χ4v) is 4.47. The lowest BCUT2D eigenvalue weighted by Crippen LogP contribution is -2.43. The van der Waals surface area contributed by atoms with Crippen LogP contribution in [0, 0.1) is 5.92 Å². The van der Waals surface area contributed by atoms with Crippen LogP contribution in [0.3, 0.4) is 0 Å². The molecule has 0 bridgehead atoms. The number of benzene rings is 2. The highest BCUT2D eigenvalue weighted by atomic mass is 35.5. The first-order valence-corrected chi connectivity index (χ1v) is 11.5. The molecule has 1 fully saturated rings. The minimum atomic E-state index is -0.214. The van der Waals surface area contributed by atoms with E-state index in [1.165, 1.54) is 11.3 Å². The van der Waals surface area contributed by atoms with E-state index in [-0.39, 0.29) is 17.7 Å². The lowest BCUT2D eigenvalue weighted by molar-refractivity contribution is -0.121. The van der Waals surface area contributed by atoms with Gasteiger partial charge in [-0.2, -0.15) is 0 Å². The van der Waals surface area contributed by atoms with Crippen LogP contribution in [0.1, 0.15) is 28.1 Å². The van der Waals surface area contributed by atoms with Crippen molar-refractivity contribution in [2.75, 3.05) is 18.4 Å². The molecule has 0 radical (unpaired) electrons. The van der Waals surface area contributed by atoms with Crippen molar-refractivity contribution in [3.8, 4) is 5.75 Å². The lowest BCUT2D eigenvalue weighted by atomic mass is 9.97. The number of likely N-dealkylation sites (tertiary alicyclic amines) is 1. The van der Waals surface area contributed by atoms with E-state index in [9.17, 15) is 9.59 Å². The average molecular weight is 455 g/mol. The van der Waals surface area contributed by atoms with Crippen molar-refractivity contribution in [2.24, 2.45) is 5.92 Å². The van der Waals surface area contributed by atoms with Crippen LogP contribution in [0.15, 0.2) is 66.0 Å². The van der Waals surface area contributed by atoms with Crippen LogP contribution in [-0.2, 0) is 11.4 Å². The number of hydrogen-bond donors (Lipinski definition) is 1. The number of ether oxygens (including phenoxy) is 1. The minimum absolute atomic E-state index is 0.00696. The predicted octanol–water partition coefficient (Wildman–Crippen LogP) is 5.47. The van der Waals surface area contributed by atoms with E-state index >= 15 is 0 Å². The van der Waals surface area contributed by atoms with Gasteiger partial charge in [0.05, 0.1) is 10.8 Å². The van der Waals surface area contributed by atoms with Gasteiger partial charge in [0, 0.05) is 29.4 Å². The summed E-state index contributed by atoms with van der Waals surface area (Å²) in [7, 11) is 0. The quantitative estimate of drug-likeness (QED) is 0.537. The maximum absolute atomic E-state index is 12.8. The molecule has 7 heteroatoms. The molecule has 1 aliphatic rings. The van der Waals surface area contributed by atoms with Crippen molar-refractivity contribution >= 4 is 40.4 Å². The third kappa shape index (κ3) is 5.46. The molecule has 31 heavy (non-hydrogen) atoms. The number of carbonyl (C=O) groups is 2. The van der Waals surface area contributed by atoms with E-state index in [1.807, 2.05) is 66.0 Å². The Morgan fingerprint density at radius 2 is 1.90 bits per heavy atom. The predicted molar refractivity (Wildman–Crippen MR) is 124 cm³/mol. The first-order chi connectivity index (χ1) is 15.1. The van der Waals surface area contributed by atoms with Gasteiger partial charge in [0.1, 0.15) is 12.4 Å². The molecule has 0 spiro atoms. The van der Waals surface area contributed by atoms with Crippen molar-refractivity contribution < 1.29 is 14.3 Å². The van der Waals surface area contributed by atoms with Gasteiger partial charge < -0.3 is 15.0 Å². The summed E-state index contributed by atoms with van der Waals surface area (Å²) in [6.07, 6.45) is 1.60. The summed E-state index contributed by atoms with van der Waals surface area (Å²) in [5.41, 5.74) is 1.62. The molecule has 160 valence electrons. The van der Waals surface area contributed by atoms with Gasteiger partial charge in [-0.05, 0) is 54.6 Å². The summed E-state index contributed by atoms with van der Waals surface area (Å²) < 4.78 is 5.78. The molecular formula is C24H23ClN2O3S. The number of thiophene rings is 1. The van der Waals surface area contributed by atoms with E-state index in [4.69, 9.17) is 16.3 Å². The summed E-state index contributed by atoms with van der Waals surface area (Å²) in [4.78, 5) is 27.9. The Kier molecular flexibility index (Phi) is 6.89. The Balaban J connectivity index is 1.31. The zero-order valence-electron chi connectivity index (χ0n) is 16.9. The number of carbonyl (C=O) groups excluding carboxylic acids is 2. The molecule has 1 atom stereocenters. The maximum Gasteiger partial charge on any atom is 0.263 e. The molecule has 0 saturated carbocycles. The van der Waals surface area contributed by atoms with Crippen LogP contribution in [0.25, 0.3) is 0 Å². The second-order valence-electron chi connectivity index (χ2n) is 7.46. The molecule has 1 saturated heterocycles. The third-order valence-corrected chi connectivity index (χ3v) is 6.51. The molecule has 2 amide bonds. The Morgan fingerprint density at radius 1 is 1.10 bits per heavy atom. The fourth-order valence-electron chi connectivity index (χ4n) is 3.59. The minimum Gasteiger partial charge on any atom is -0.489 e. The lowest BCUT2D eigenvalue weighted by Gasteiger charge is -2.31. The van der Waals surface area contributed by atoms with E-state index in [0.29, 0.717) is 41.0 Å². The molecule has 2 aromatic carbocycles. The summed E-state index contributed by atoms with van der Waals surface area (Å²) in [6, 6.07) is 18.5. The average Bonchev–Trinajstić information content (AvgIpc) is 3.34. The molecular weight excluding hydrogens is 432 g/mol. The zero-order chi connectivity index (χ0) is 21.6. The summed E-state index contributed by atoms with van der Waals surface area (Å²) >= 11 is 7.58. The largest absolute Gasteiger partial charge is 0.489 e. The number of rotatable bonds is 6. The fraction of sp³-hybridized carbons (Fsp3) is 0.250. The smallest absolute Gasteiger partial charge is 0.263 e. The standard InChI is InChI=1S/C24H23ClN2O3S/c25-21-7-2-1-5-18(21)16-30-20-11-9-19(10-12-20)26-23(28)17-6-3-13-27(15-17)24(29)22-8-4-14-31-22/h1-2,4-5,7-12,14,17H,3,6,13,15-16H2,(H,26,28). The summed E-state index contributed by atoms with van der Waals surface area (Å²) in [5.74, 6) is 0.429. The van der Waals surface area contributed by atoms with E-state index in [0.717, 1.165) is 18.4 Å². The van der Waals surface area contributed by atoms with Crippen LogP contribution in [0.2, 0.25) is 5.02 Å².